The Labute approximate surface area is 110 Å². The van der Waals surface area contributed by atoms with E-state index < -0.39 is 0 Å². The van der Waals surface area contributed by atoms with Crippen LogP contribution in [0.5, 0.6) is 0 Å². The van der Waals surface area contributed by atoms with Gasteiger partial charge in [-0.15, -0.1) is 0 Å². The van der Waals surface area contributed by atoms with Gasteiger partial charge in [0.25, 0.3) is 0 Å². The summed E-state index contributed by atoms with van der Waals surface area (Å²) in [4.78, 5) is 4.48. The van der Waals surface area contributed by atoms with Crippen molar-refractivity contribution in [3.63, 3.8) is 0 Å². The fourth-order valence-corrected chi connectivity index (χ4v) is 1.78. The third kappa shape index (κ3) is 2.84. The van der Waals surface area contributed by atoms with E-state index in [4.69, 9.17) is 22.5 Å². The highest BCUT2D eigenvalue weighted by molar-refractivity contribution is 7.80. The average molecular weight is 262 g/mol. The van der Waals surface area contributed by atoms with E-state index in [0.717, 1.165) is 16.8 Å². The summed E-state index contributed by atoms with van der Waals surface area (Å²) >= 11 is 5.02. The van der Waals surface area contributed by atoms with E-state index >= 15 is 0 Å². The number of hydrogen-bond donors (Lipinski definition) is 2. The zero-order valence-electron chi connectivity index (χ0n) is 10.2. The summed E-state index contributed by atoms with van der Waals surface area (Å²) in [7, 11) is 0. The quantitative estimate of drug-likeness (QED) is 0.820. The predicted molar refractivity (Wildman–Crippen MR) is 73.4 cm³/mol. The molecule has 2 rings (SSSR count). The van der Waals surface area contributed by atoms with Crippen molar-refractivity contribution < 1.29 is 4.52 Å². The van der Waals surface area contributed by atoms with Gasteiger partial charge in [-0.3, -0.25) is 0 Å². The van der Waals surface area contributed by atoms with Crippen molar-refractivity contribution in [3.8, 4) is 0 Å². The summed E-state index contributed by atoms with van der Waals surface area (Å²) in [5, 5.41) is 7.03. The van der Waals surface area contributed by atoms with E-state index in [1.165, 1.54) is 0 Å². The molecule has 94 valence electrons. The first-order valence-corrected chi connectivity index (χ1v) is 5.90. The number of hydrogen-bond acceptors (Lipinski definition) is 5. The van der Waals surface area contributed by atoms with Crippen LogP contribution in [0.3, 0.4) is 0 Å². The van der Waals surface area contributed by atoms with Crippen LogP contribution in [0.25, 0.3) is 0 Å². The van der Waals surface area contributed by atoms with Crippen LogP contribution in [0, 0.1) is 13.8 Å². The molecule has 0 saturated heterocycles. The molecule has 0 atom stereocenters. The molecule has 6 heteroatoms. The summed E-state index contributed by atoms with van der Waals surface area (Å²) in [6.45, 7) is 4.23. The zero-order chi connectivity index (χ0) is 13.1. The highest BCUT2D eigenvalue weighted by Crippen LogP contribution is 2.18. The van der Waals surface area contributed by atoms with Crippen molar-refractivity contribution >= 4 is 22.9 Å². The van der Waals surface area contributed by atoms with Crippen LogP contribution in [0.4, 0.5) is 5.69 Å². The Kier molecular flexibility index (Phi) is 3.57. The van der Waals surface area contributed by atoms with Crippen molar-refractivity contribution in [1.29, 1.82) is 0 Å². The van der Waals surface area contributed by atoms with Crippen molar-refractivity contribution in [3.05, 3.63) is 41.0 Å². The van der Waals surface area contributed by atoms with Crippen LogP contribution in [0.1, 0.15) is 22.8 Å². The number of thiocarbonyl (C=S) groups is 1. The van der Waals surface area contributed by atoms with E-state index in [9.17, 15) is 0 Å². The van der Waals surface area contributed by atoms with Gasteiger partial charge in [-0.25, -0.2) is 0 Å². The van der Waals surface area contributed by atoms with Crippen molar-refractivity contribution in [2.24, 2.45) is 5.73 Å². The number of aromatic nitrogens is 2. The van der Waals surface area contributed by atoms with E-state index in [2.05, 4.69) is 15.5 Å². The Hall–Kier alpha value is -1.95. The number of nitrogens with zero attached hydrogens (tertiary/aromatic N) is 2. The normalized spacial score (nSPS) is 10.3. The lowest BCUT2D eigenvalue weighted by atomic mass is 10.1. The number of nitrogens with two attached hydrogens (primary N) is 1. The van der Waals surface area contributed by atoms with Gasteiger partial charge in [-0.1, -0.05) is 23.4 Å². The Bertz CT molecular complexity index is 579. The lowest BCUT2D eigenvalue weighted by Crippen LogP contribution is -2.13. The molecule has 0 saturated carbocycles. The number of benzene rings is 1. The molecule has 0 aliphatic carbocycles. The number of rotatable bonds is 4. The molecule has 0 bridgehead atoms. The van der Waals surface area contributed by atoms with Crippen LogP contribution in [-0.4, -0.2) is 15.1 Å². The molecule has 5 nitrogen and oxygen atoms in total. The molecule has 0 spiro atoms. The molecular formula is C12H14N4OS. The van der Waals surface area contributed by atoms with E-state index in [1.54, 1.807) is 6.92 Å². The standard InChI is InChI=1S/C12H14N4OS/c1-7-3-4-9(12(13)18)10(5-7)14-6-11-15-8(2)17-16-11/h3-5,14H,6H2,1-2H3,(H2,13,18). The van der Waals surface area contributed by atoms with Gasteiger partial charge in [0.05, 0.1) is 6.54 Å². The topological polar surface area (TPSA) is 77.0 Å². The van der Waals surface area contributed by atoms with Gasteiger partial charge in [-0.05, 0) is 24.6 Å². The molecule has 0 aliphatic rings. The Morgan fingerprint density at radius 2 is 2.22 bits per heavy atom. The molecule has 18 heavy (non-hydrogen) atoms. The molecule has 0 fully saturated rings. The van der Waals surface area contributed by atoms with Crippen LogP contribution >= 0.6 is 12.2 Å². The Morgan fingerprint density at radius 1 is 1.44 bits per heavy atom. The van der Waals surface area contributed by atoms with E-state index in [0.29, 0.717) is 23.2 Å². The fraction of sp³-hybridized carbons (Fsp3) is 0.250. The molecule has 0 amide bonds. The zero-order valence-corrected chi connectivity index (χ0v) is 11.0. The van der Waals surface area contributed by atoms with Crippen LogP contribution < -0.4 is 11.1 Å². The van der Waals surface area contributed by atoms with E-state index in [1.807, 2.05) is 25.1 Å². The highest BCUT2D eigenvalue weighted by atomic mass is 32.1. The SMILES string of the molecule is Cc1ccc(C(N)=S)c(NCc2noc(C)n2)c1. The van der Waals surface area contributed by atoms with Gasteiger partial charge < -0.3 is 15.6 Å². The first kappa shape index (κ1) is 12.5. The van der Waals surface area contributed by atoms with Gasteiger partial charge in [0.15, 0.2) is 5.82 Å². The maximum Gasteiger partial charge on any atom is 0.223 e. The molecule has 3 N–H and O–H groups in total. The lowest BCUT2D eigenvalue weighted by molar-refractivity contribution is 0.388. The summed E-state index contributed by atoms with van der Waals surface area (Å²) in [6.07, 6.45) is 0. The number of nitrogens with one attached hydrogen (secondary N) is 1. The molecule has 2 aromatic rings. The first-order chi connectivity index (χ1) is 8.56. The summed E-state index contributed by atoms with van der Waals surface area (Å²) in [5.74, 6) is 1.15. The second-order valence-electron chi connectivity index (χ2n) is 4.00. The largest absolute Gasteiger partial charge is 0.389 e. The van der Waals surface area contributed by atoms with Gasteiger partial charge >= 0.3 is 0 Å². The minimum atomic E-state index is 0.363. The predicted octanol–water partition coefficient (Wildman–Crippen LogP) is 1.93. The van der Waals surface area contributed by atoms with Crippen molar-refractivity contribution in [2.45, 2.75) is 20.4 Å². The maximum atomic E-state index is 5.68. The molecule has 1 aromatic carbocycles. The highest BCUT2D eigenvalue weighted by Gasteiger charge is 2.07. The Balaban J connectivity index is 2.17. The summed E-state index contributed by atoms with van der Waals surface area (Å²) in [6, 6.07) is 5.86. The van der Waals surface area contributed by atoms with Crippen LogP contribution in [0.15, 0.2) is 22.7 Å². The number of anilines is 1. The van der Waals surface area contributed by atoms with Gasteiger partial charge in [0.1, 0.15) is 4.99 Å². The molecule has 0 radical (unpaired) electrons. The monoisotopic (exact) mass is 262 g/mol. The first-order valence-electron chi connectivity index (χ1n) is 5.50. The summed E-state index contributed by atoms with van der Waals surface area (Å²) < 4.78 is 4.90. The van der Waals surface area contributed by atoms with Crippen molar-refractivity contribution in [2.75, 3.05) is 5.32 Å². The minimum Gasteiger partial charge on any atom is -0.389 e. The number of aryl methyl sites for hydroxylation is 2. The smallest absolute Gasteiger partial charge is 0.223 e. The molecule has 0 unspecified atom stereocenters. The average Bonchev–Trinajstić information content (AvgIpc) is 2.72. The second kappa shape index (κ2) is 5.14. The molecular weight excluding hydrogens is 248 g/mol. The molecule has 1 aromatic heterocycles. The second-order valence-corrected chi connectivity index (χ2v) is 4.44. The van der Waals surface area contributed by atoms with Crippen LogP contribution in [0.2, 0.25) is 0 Å². The summed E-state index contributed by atoms with van der Waals surface area (Å²) in [5.41, 5.74) is 8.50. The fourth-order valence-electron chi connectivity index (χ4n) is 1.61. The van der Waals surface area contributed by atoms with Crippen molar-refractivity contribution in [1.82, 2.24) is 10.1 Å². The van der Waals surface area contributed by atoms with E-state index in [-0.39, 0.29) is 0 Å². The van der Waals surface area contributed by atoms with Gasteiger partial charge in [0.2, 0.25) is 5.89 Å². The minimum absolute atomic E-state index is 0.363. The van der Waals surface area contributed by atoms with Gasteiger partial charge in [0, 0.05) is 18.2 Å². The third-order valence-electron chi connectivity index (χ3n) is 2.45. The lowest BCUT2D eigenvalue weighted by Gasteiger charge is -2.10. The Morgan fingerprint density at radius 3 is 2.83 bits per heavy atom. The third-order valence-corrected chi connectivity index (χ3v) is 2.67. The van der Waals surface area contributed by atoms with Crippen LogP contribution in [-0.2, 0) is 6.54 Å². The van der Waals surface area contributed by atoms with Gasteiger partial charge in [-0.2, -0.15) is 4.98 Å². The maximum absolute atomic E-state index is 5.68. The molecule has 0 aliphatic heterocycles. The molecule has 1 heterocycles.